The fraction of sp³-hybridized carbons (Fsp3) is 0.0714. The lowest BCUT2D eigenvalue weighted by atomic mass is 10.2. The third kappa shape index (κ3) is 3.43. The summed E-state index contributed by atoms with van der Waals surface area (Å²) < 4.78 is 5.58. The van der Waals surface area contributed by atoms with Gasteiger partial charge < -0.3 is 9.84 Å². The molecule has 1 N–H and O–H groups in total. The Bertz CT molecular complexity index is 596. The zero-order chi connectivity index (χ0) is 13.8. The maximum Gasteiger partial charge on any atom is 0.339 e. The van der Waals surface area contributed by atoms with Gasteiger partial charge in [0.2, 0.25) is 0 Å². The van der Waals surface area contributed by atoms with Gasteiger partial charge in [0, 0.05) is 16.0 Å². The Morgan fingerprint density at radius 3 is 2.47 bits per heavy atom. The molecule has 2 aromatic carbocycles. The Hall–Kier alpha value is -1.65. The summed E-state index contributed by atoms with van der Waals surface area (Å²) in [5.74, 6) is -0.244. The standard InChI is InChI=1S/C14H11ClO3S/c1-19-11-5-3-10(4-6-11)18-13-8-9(15)2-7-12(13)14(16)17/h2-8H,1H3,(H,16,17). The Morgan fingerprint density at radius 1 is 1.21 bits per heavy atom. The van der Waals surface area contributed by atoms with Crippen LogP contribution in [0.5, 0.6) is 11.5 Å². The molecule has 0 saturated heterocycles. The molecule has 19 heavy (non-hydrogen) atoms. The highest BCUT2D eigenvalue weighted by Gasteiger charge is 2.12. The van der Waals surface area contributed by atoms with E-state index in [2.05, 4.69) is 0 Å². The number of carbonyl (C=O) groups is 1. The Morgan fingerprint density at radius 2 is 1.89 bits per heavy atom. The molecule has 0 radical (unpaired) electrons. The highest BCUT2D eigenvalue weighted by Crippen LogP contribution is 2.29. The number of rotatable bonds is 4. The van der Waals surface area contributed by atoms with E-state index in [1.54, 1.807) is 23.9 Å². The number of thioether (sulfide) groups is 1. The second kappa shape index (κ2) is 5.99. The lowest BCUT2D eigenvalue weighted by Gasteiger charge is -2.09. The van der Waals surface area contributed by atoms with Crippen LogP contribution in [0.1, 0.15) is 10.4 Å². The topological polar surface area (TPSA) is 46.5 Å². The fourth-order valence-electron chi connectivity index (χ4n) is 1.53. The number of halogens is 1. The van der Waals surface area contributed by atoms with Gasteiger partial charge in [0.15, 0.2) is 0 Å². The second-order valence-electron chi connectivity index (χ2n) is 3.72. The van der Waals surface area contributed by atoms with Gasteiger partial charge in [-0.25, -0.2) is 4.79 Å². The van der Waals surface area contributed by atoms with Gasteiger partial charge in [0.05, 0.1) is 0 Å². The first-order valence-corrected chi connectivity index (χ1v) is 7.05. The van der Waals surface area contributed by atoms with E-state index in [0.29, 0.717) is 10.8 Å². The van der Waals surface area contributed by atoms with Gasteiger partial charge in [0.25, 0.3) is 0 Å². The van der Waals surface area contributed by atoms with Crippen molar-refractivity contribution in [2.24, 2.45) is 0 Å². The van der Waals surface area contributed by atoms with Crippen molar-refractivity contribution < 1.29 is 14.6 Å². The predicted octanol–water partition coefficient (Wildman–Crippen LogP) is 4.55. The number of hydrogen-bond acceptors (Lipinski definition) is 3. The molecule has 0 bridgehead atoms. The van der Waals surface area contributed by atoms with E-state index in [0.717, 1.165) is 4.90 Å². The van der Waals surface area contributed by atoms with Crippen LogP contribution in [0.15, 0.2) is 47.4 Å². The quantitative estimate of drug-likeness (QED) is 0.840. The number of ether oxygens (including phenoxy) is 1. The zero-order valence-electron chi connectivity index (χ0n) is 10.1. The first-order valence-electron chi connectivity index (χ1n) is 5.45. The molecule has 0 aliphatic rings. The van der Waals surface area contributed by atoms with Gasteiger partial charge in [-0.05, 0) is 42.7 Å². The second-order valence-corrected chi connectivity index (χ2v) is 5.04. The summed E-state index contributed by atoms with van der Waals surface area (Å²) in [5, 5.41) is 9.52. The molecule has 5 heteroatoms. The highest BCUT2D eigenvalue weighted by molar-refractivity contribution is 7.98. The predicted molar refractivity (Wildman–Crippen MR) is 76.7 cm³/mol. The molecule has 0 fully saturated rings. The Labute approximate surface area is 120 Å². The molecule has 0 atom stereocenters. The molecule has 3 nitrogen and oxygen atoms in total. The van der Waals surface area contributed by atoms with Crippen molar-refractivity contribution in [2.45, 2.75) is 4.90 Å². The number of hydrogen-bond donors (Lipinski definition) is 1. The number of benzene rings is 2. The maximum absolute atomic E-state index is 11.1. The largest absolute Gasteiger partial charge is 0.478 e. The van der Waals surface area contributed by atoms with Crippen LogP contribution in [-0.2, 0) is 0 Å². The van der Waals surface area contributed by atoms with Crippen molar-refractivity contribution in [2.75, 3.05) is 6.26 Å². The van der Waals surface area contributed by atoms with Gasteiger partial charge in [-0.2, -0.15) is 0 Å². The monoisotopic (exact) mass is 294 g/mol. The van der Waals surface area contributed by atoms with Crippen molar-refractivity contribution >= 4 is 29.3 Å². The van der Waals surface area contributed by atoms with Crippen molar-refractivity contribution in [3.8, 4) is 11.5 Å². The molecule has 0 aromatic heterocycles. The molecule has 0 unspecified atom stereocenters. The minimum atomic E-state index is -1.05. The summed E-state index contributed by atoms with van der Waals surface area (Å²) in [4.78, 5) is 12.2. The van der Waals surface area contributed by atoms with Crippen LogP contribution in [0, 0.1) is 0 Å². The molecule has 0 aliphatic carbocycles. The van der Waals surface area contributed by atoms with Crippen LogP contribution < -0.4 is 4.74 Å². The SMILES string of the molecule is CSc1ccc(Oc2cc(Cl)ccc2C(=O)O)cc1. The molecule has 0 heterocycles. The van der Waals surface area contributed by atoms with E-state index in [9.17, 15) is 4.79 Å². The van der Waals surface area contributed by atoms with Crippen LogP contribution in [0.4, 0.5) is 0 Å². The Balaban J connectivity index is 2.31. The summed E-state index contributed by atoms with van der Waals surface area (Å²) in [7, 11) is 0. The van der Waals surface area contributed by atoms with Crippen molar-refractivity contribution in [3.05, 3.63) is 53.1 Å². The average molecular weight is 295 g/mol. The lowest BCUT2D eigenvalue weighted by molar-refractivity contribution is 0.0694. The molecule has 0 spiro atoms. The highest BCUT2D eigenvalue weighted by atomic mass is 35.5. The fourth-order valence-corrected chi connectivity index (χ4v) is 2.10. The van der Waals surface area contributed by atoms with E-state index < -0.39 is 5.97 Å². The first-order chi connectivity index (χ1) is 9.10. The molecule has 98 valence electrons. The summed E-state index contributed by atoms with van der Waals surface area (Å²) in [6.45, 7) is 0. The van der Waals surface area contributed by atoms with E-state index >= 15 is 0 Å². The molecule has 0 amide bonds. The molecule has 0 saturated carbocycles. The molecule has 0 aliphatic heterocycles. The number of carboxylic acid groups (broad SMARTS) is 1. The lowest BCUT2D eigenvalue weighted by Crippen LogP contribution is -1.99. The van der Waals surface area contributed by atoms with Crippen molar-refractivity contribution in [1.82, 2.24) is 0 Å². The number of aromatic carboxylic acids is 1. The molecular weight excluding hydrogens is 284 g/mol. The van der Waals surface area contributed by atoms with E-state index in [4.69, 9.17) is 21.4 Å². The van der Waals surface area contributed by atoms with E-state index in [1.165, 1.54) is 18.2 Å². The summed E-state index contributed by atoms with van der Waals surface area (Å²) in [6.07, 6.45) is 1.98. The van der Waals surface area contributed by atoms with Gasteiger partial charge >= 0.3 is 5.97 Å². The minimum Gasteiger partial charge on any atom is -0.478 e. The van der Waals surface area contributed by atoms with Crippen LogP contribution in [0.25, 0.3) is 0 Å². The van der Waals surface area contributed by atoms with Gasteiger partial charge in [-0.1, -0.05) is 11.6 Å². The van der Waals surface area contributed by atoms with Gasteiger partial charge in [-0.3, -0.25) is 0 Å². The van der Waals surface area contributed by atoms with Gasteiger partial charge in [0.1, 0.15) is 17.1 Å². The number of carboxylic acids is 1. The summed E-state index contributed by atoms with van der Waals surface area (Å²) in [5.41, 5.74) is 0.0818. The summed E-state index contributed by atoms with van der Waals surface area (Å²) >= 11 is 7.48. The van der Waals surface area contributed by atoms with Crippen LogP contribution in [-0.4, -0.2) is 17.3 Å². The molecular formula is C14H11ClO3S. The van der Waals surface area contributed by atoms with Crippen molar-refractivity contribution in [1.29, 1.82) is 0 Å². The van der Waals surface area contributed by atoms with E-state index in [-0.39, 0.29) is 11.3 Å². The summed E-state index contributed by atoms with van der Waals surface area (Å²) in [6, 6.07) is 11.8. The first kappa shape index (κ1) is 13.8. The van der Waals surface area contributed by atoms with Crippen LogP contribution in [0.3, 0.4) is 0 Å². The molecule has 2 aromatic rings. The van der Waals surface area contributed by atoms with Crippen LogP contribution in [0.2, 0.25) is 5.02 Å². The minimum absolute atomic E-state index is 0.0818. The van der Waals surface area contributed by atoms with E-state index in [1.807, 2.05) is 18.4 Å². The zero-order valence-corrected chi connectivity index (χ0v) is 11.7. The average Bonchev–Trinajstić information content (AvgIpc) is 2.39. The van der Waals surface area contributed by atoms with Crippen LogP contribution >= 0.6 is 23.4 Å². The third-order valence-electron chi connectivity index (χ3n) is 2.46. The maximum atomic E-state index is 11.1. The smallest absolute Gasteiger partial charge is 0.339 e. The molecule has 2 rings (SSSR count). The third-order valence-corrected chi connectivity index (χ3v) is 3.44. The Kier molecular flexibility index (Phi) is 4.35. The normalized spacial score (nSPS) is 10.2. The van der Waals surface area contributed by atoms with Gasteiger partial charge in [-0.15, -0.1) is 11.8 Å². The van der Waals surface area contributed by atoms with Crippen molar-refractivity contribution in [3.63, 3.8) is 0 Å².